The van der Waals surface area contributed by atoms with Crippen molar-refractivity contribution in [3.05, 3.63) is 215 Å². The van der Waals surface area contributed by atoms with Crippen molar-refractivity contribution in [3.63, 3.8) is 0 Å². The van der Waals surface area contributed by atoms with E-state index in [1.807, 2.05) is 182 Å². The molecule has 6 rings (SSSR count). The molecule has 0 aliphatic rings. The molecule has 0 bridgehead atoms. The Bertz CT molecular complexity index is 1650. The predicted octanol–water partition coefficient (Wildman–Crippen LogP) is 8.53. The fourth-order valence-corrected chi connectivity index (χ4v) is 5.85. The molecule has 2 N–H and O–H groups in total. The summed E-state index contributed by atoms with van der Waals surface area (Å²) in [4.78, 5) is 0. The fourth-order valence-electron chi connectivity index (χ4n) is 5.85. The van der Waals surface area contributed by atoms with Crippen LogP contribution >= 0.6 is 0 Å². The third-order valence-corrected chi connectivity index (χ3v) is 8.36. The van der Waals surface area contributed by atoms with Crippen molar-refractivity contribution in [2.45, 2.75) is 24.0 Å². The Hall–Kier alpha value is -5.42. The largest absolute Gasteiger partial charge is 0.380 e. The molecule has 0 aliphatic carbocycles. The summed E-state index contributed by atoms with van der Waals surface area (Å²) in [5.41, 5.74) is 3.26. The van der Waals surface area contributed by atoms with Crippen molar-refractivity contribution in [2.24, 2.45) is 10.2 Å². The quantitative estimate of drug-likeness (QED) is 0.116. The van der Waals surface area contributed by atoms with E-state index in [0.29, 0.717) is 11.4 Å². The van der Waals surface area contributed by atoms with Crippen molar-refractivity contribution < 1.29 is 10.2 Å². The molecule has 4 heteroatoms. The van der Waals surface area contributed by atoms with Gasteiger partial charge in [0.1, 0.15) is 11.2 Å². The van der Waals surface area contributed by atoms with Crippen LogP contribution in [0, 0.1) is 0 Å². The highest BCUT2D eigenvalue weighted by Crippen LogP contribution is 2.36. The molecular weight excluding hydrogens is 564 g/mol. The lowest BCUT2D eigenvalue weighted by Gasteiger charge is -2.30. The summed E-state index contributed by atoms with van der Waals surface area (Å²) in [5.74, 6) is 0. The molecule has 0 aromatic heterocycles. The summed E-state index contributed by atoms with van der Waals surface area (Å²) in [6, 6.07) is 58.4. The number of hydrogen-bond acceptors (Lipinski definition) is 4. The van der Waals surface area contributed by atoms with E-state index in [1.165, 1.54) is 0 Å². The van der Waals surface area contributed by atoms with Crippen LogP contribution in [0.5, 0.6) is 0 Å². The summed E-state index contributed by atoms with van der Waals surface area (Å²) in [7, 11) is 0. The molecule has 0 fully saturated rings. The Morgan fingerprint density at radius 3 is 0.804 bits per heavy atom. The van der Waals surface area contributed by atoms with E-state index in [4.69, 9.17) is 10.2 Å². The molecule has 46 heavy (non-hydrogen) atoms. The van der Waals surface area contributed by atoms with E-state index in [9.17, 15) is 10.2 Å². The van der Waals surface area contributed by atoms with Crippen LogP contribution < -0.4 is 0 Å². The Morgan fingerprint density at radius 2 is 0.565 bits per heavy atom. The molecule has 226 valence electrons. The molecule has 0 saturated heterocycles. The van der Waals surface area contributed by atoms with Crippen LogP contribution in [0.25, 0.3) is 0 Å². The van der Waals surface area contributed by atoms with Gasteiger partial charge in [0.25, 0.3) is 0 Å². The molecular formula is C42H36N2O2. The van der Waals surface area contributed by atoms with E-state index < -0.39 is 11.2 Å². The maximum Gasteiger partial charge on any atom is 0.120 e. The van der Waals surface area contributed by atoms with Gasteiger partial charge in [0.15, 0.2) is 0 Å². The van der Waals surface area contributed by atoms with E-state index in [2.05, 4.69) is 0 Å². The summed E-state index contributed by atoms with van der Waals surface area (Å²) in [5, 5.41) is 34.8. The second kappa shape index (κ2) is 14.1. The zero-order valence-corrected chi connectivity index (χ0v) is 25.5. The lowest BCUT2D eigenvalue weighted by Crippen LogP contribution is -2.31. The minimum atomic E-state index is -1.37. The highest BCUT2D eigenvalue weighted by atomic mass is 16.3. The highest BCUT2D eigenvalue weighted by Gasteiger charge is 2.35. The fraction of sp³-hybridized carbons (Fsp3) is 0.0952. The molecule has 0 amide bonds. The first-order chi connectivity index (χ1) is 22.6. The van der Waals surface area contributed by atoms with Gasteiger partial charge in [-0.2, -0.15) is 10.2 Å². The summed E-state index contributed by atoms with van der Waals surface area (Å²) >= 11 is 0. The van der Waals surface area contributed by atoms with E-state index >= 15 is 0 Å². The first-order valence-electron chi connectivity index (χ1n) is 15.5. The SMILES string of the molecule is OC(C/C(=N/N=C(/CC(O)(c1ccccc1)c1ccccc1)c1ccccc1)c1ccccc1)(c1ccccc1)c1ccccc1. The third-order valence-electron chi connectivity index (χ3n) is 8.36. The molecule has 0 saturated carbocycles. The molecule has 0 atom stereocenters. The average Bonchev–Trinajstić information content (AvgIpc) is 3.14. The molecule has 0 unspecified atom stereocenters. The smallest absolute Gasteiger partial charge is 0.120 e. The van der Waals surface area contributed by atoms with Gasteiger partial charge in [0, 0.05) is 12.8 Å². The van der Waals surface area contributed by atoms with Gasteiger partial charge < -0.3 is 10.2 Å². The van der Waals surface area contributed by atoms with Gasteiger partial charge >= 0.3 is 0 Å². The first kappa shape index (κ1) is 30.6. The second-order valence-electron chi connectivity index (χ2n) is 11.4. The minimum absolute atomic E-state index is 0.179. The molecule has 0 aliphatic heterocycles. The van der Waals surface area contributed by atoms with Crippen LogP contribution in [-0.2, 0) is 11.2 Å². The molecule has 0 heterocycles. The van der Waals surface area contributed by atoms with Crippen LogP contribution in [0.2, 0.25) is 0 Å². The summed E-state index contributed by atoms with van der Waals surface area (Å²) in [6.45, 7) is 0. The summed E-state index contributed by atoms with van der Waals surface area (Å²) in [6.07, 6.45) is 0.358. The standard InChI is InChI=1S/C42H36N2O2/c45-41(35-23-11-3-12-24-35,36-25-13-4-14-26-36)31-39(33-19-7-1-8-20-33)43-44-40(34-21-9-2-10-22-34)32-42(46,37-27-15-5-16-28-37)38-29-17-6-18-30-38/h1-30,45-46H,31-32H2/b43-39-,44-40-. The van der Waals surface area contributed by atoms with Crippen molar-refractivity contribution in [3.8, 4) is 0 Å². The maximum absolute atomic E-state index is 12.5. The van der Waals surface area contributed by atoms with Gasteiger partial charge in [-0.1, -0.05) is 182 Å². The highest BCUT2D eigenvalue weighted by molar-refractivity contribution is 6.04. The average molecular weight is 601 g/mol. The van der Waals surface area contributed by atoms with Gasteiger partial charge in [0.2, 0.25) is 0 Å². The van der Waals surface area contributed by atoms with Crippen LogP contribution in [0.3, 0.4) is 0 Å². The third kappa shape index (κ3) is 6.79. The van der Waals surface area contributed by atoms with Crippen LogP contribution in [0.4, 0.5) is 0 Å². The van der Waals surface area contributed by atoms with Crippen LogP contribution in [0.15, 0.2) is 192 Å². The van der Waals surface area contributed by atoms with Gasteiger partial charge in [-0.15, -0.1) is 0 Å². The van der Waals surface area contributed by atoms with Gasteiger partial charge in [-0.3, -0.25) is 0 Å². The predicted molar refractivity (Wildman–Crippen MR) is 187 cm³/mol. The van der Waals surface area contributed by atoms with Crippen molar-refractivity contribution in [2.75, 3.05) is 0 Å². The Balaban J connectivity index is 1.50. The van der Waals surface area contributed by atoms with Gasteiger partial charge in [-0.05, 0) is 33.4 Å². The second-order valence-corrected chi connectivity index (χ2v) is 11.4. The van der Waals surface area contributed by atoms with E-state index in [1.54, 1.807) is 0 Å². The van der Waals surface area contributed by atoms with E-state index in [0.717, 1.165) is 33.4 Å². The molecule has 6 aromatic carbocycles. The topological polar surface area (TPSA) is 65.2 Å². The molecule has 0 spiro atoms. The zero-order valence-electron chi connectivity index (χ0n) is 25.5. The number of nitrogens with zero attached hydrogens (tertiary/aromatic N) is 2. The van der Waals surface area contributed by atoms with E-state index in [-0.39, 0.29) is 12.8 Å². The Kier molecular flexibility index (Phi) is 9.40. The summed E-state index contributed by atoms with van der Waals surface area (Å²) < 4.78 is 0. The Labute approximate surface area is 270 Å². The molecule has 6 aromatic rings. The van der Waals surface area contributed by atoms with Crippen LogP contribution in [-0.4, -0.2) is 21.6 Å². The van der Waals surface area contributed by atoms with Crippen LogP contribution in [0.1, 0.15) is 46.2 Å². The molecule has 0 radical (unpaired) electrons. The van der Waals surface area contributed by atoms with Crippen molar-refractivity contribution in [1.29, 1.82) is 0 Å². The van der Waals surface area contributed by atoms with Gasteiger partial charge in [-0.25, -0.2) is 0 Å². The molecule has 4 nitrogen and oxygen atoms in total. The zero-order chi connectivity index (χ0) is 31.7. The normalized spacial score (nSPS) is 12.6. The maximum atomic E-state index is 12.5. The Morgan fingerprint density at radius 1 is 0.348 bits per heavy atom. The number of aliphatic hydroxyl groups is 2. The van der Waals surface area contributed by atoms with Gasteiger partial charge in [0.05, 0.1) is 11.4 Å². The minimum Gasteiger partial charge on any atom is -0.380 e. The number of benzene rings is 6. The lowest BCUT2D eigenvalue weighted by molar-refractivity contribution is 0.0882. The van der Waals surface area contributed by atoms with Crippen molar-refractivity contribution >= 4 is 11.4 Å². The number of rotatable bonds is 11. The number of hydrogen-bond donors (Lipinski definition) is 2. The van der Waals surface area contributed by atoms with Crippen molar-refractivity contribution in [1.82, 2.24) is 0 Å². The first-order valence-corrected chi connectivity index (χ1v) is 15.5. The monoisotopic (exact) mass is 600 g/mol. The lowest BCUT2D eigenvalue weighted by atomic mass is 9.81.